The van der Waals surface area contributed by atoms with E-state index in [1.165, 1.54) is 0 Å². The molecule has 0 heterocycles. The Morgan fingerprint density at radius 3 is 2.50 bits per heavy atom. The average molecular weight is 244 g/mol. The van der Waals surface area contributed by atoms with Gasteiger partial charge in [0.05, 0.1) is 13.2 Å². The lowest BCUT2D eigenvalue weighted by molar-refractivity contribution is 0.280. The summed E-state index contributed by atoms with van der Waals surface area (Å²) < 4.78 is 0. The summed E-state index contributed by atoms with van der Waals surface area (Å²) >= 11 is 6.03. The molecule has 0 spiro atoms. The molecule has 1 aromatic carbocycles. The van der Waals surface area contributed by atoms with E-state index in [0.717, 1.165) is 5.69 Å². The van der Waals surface area contributed by atoms with Gasteiger partial charge in [-0.05, 0) is 26.0 Å². The molecule has 0 fully saturated rings. The van der Waals surface area contributed by atoms with Crippen molar-refractivity contribution in [3.05, 3.63) is 28.8 Å². The fraction of sp³-hybridized carbons (Fsp3) is 0.500. The molecule has 0 bridgehead atoms. The standard InChI is InChI=1S/C12H18ClNO2/c1-9(2)14(6-7-15)12-5-3-4-11(13)10(12)8-16/h3-5,9,15-16H,6-8H2,1-2H3. The summed E-state index contributed by atoms with van der Waals surface area (Å²) in [5.41, 5.74) is 1.60. The summed E-state index contributed by atoms with van der Waals surface area (Å²) in [6.07, 6.45) is 0. The fourth-order valence-electron chi connectivity index (χ4n) is 1.74. The Morgan fingerprint density at radius 2 is 2.00 bits per heavy atom. The van der Waals surface area contributed by atoms with Crippen molar-refractivity contribution < 1.29 is 10.2 Å². The first kappa shape index (κ1) is 13.3. The average Bonchev–Trinajstić information content (AvgIpc) is 2.25. The number of hydrogen-bond donors (Lipinski definition) is 2. The molecule has 2 N–H and O–H groups in total. The zero-order valence-corrected chi connectivity index (χ0v) is 10.4. The highest BCUT2D eigenvalue weighted by Crippen LogP contribution is 2.28. The third kappa shape index (κ3) is 2.88. The largest absolute Gasteiger partial charge is 0.395 e. The molecule has 0 atom stereocenters. The molecule has 16 heavy (non-hydrogen) atoms. The highest BCUT2D eigenvalue weighted by atomic mass is 35.5. The van der Waals surface area contributed by atoms with Crippen LogP contribution >= 0.6 is 11.6 Å². The van der Waals surface area contributed by atoms with Crippen molar-refractivity contribution in [1.82, 2.24) is 0 Å². The number of benzene rings is 1. The summed E-state index contributed by atoms with van der Waals surface area (Å²) in [5.74, 6) is 0. The lowest BCUT2D eigenvalue weighted by Crippen LogP contribution is -2.34. The van der Waals surface area contributed by atoms with E-state index in [-0.39, 0.29) is 19.3 Å². The predicted octanol–water partition coefficient (Wildman–Crippen LogP) is 2.04. The topological polar surface area (TPSA) is 43.7 Å². The summed E-state index contributed by atoms with van der Waals surface area (Å²) in [4.78, 5) is 2.03. The molecule has 0 unspecified atom stereocenters. The quantitative estimate of drug-likeness (QED) is 0.832. The second kappa shape index (κ2) is 6.09. The summed E-state index contributed by atoms with van der Waals surface area (Å²) in [7, 11) is 0. The van der Waals surface area contributed by atoms with Crippen molar-refractivity contribution in [2.75, 3.05) is 18.1 Å². The Balaban J connectivity index is 3.12. The van der Waals surface area contributed by atoms with E-state index in [2.05, 4.69) is 0 Å². The normalized spacial score (nSPS) is 10.9. The van der Waals surface area contributed by atoms with Gasteiger partial charge in [0.15, 0.2) is 0 Å². The van der Waals surface area contributed by atoms with Gasteiger partial charge in [-0.2, -0.15) is 0 Å². The molecule has 0 radical (unpaired) electrons. The highest BCUT2D eigenvalue weighted by Gasteiger charge is 2.15. The number of halogens is 1. The van der Waals surface area contributed by atoms with Crippen LogP contribution < -0.4 is 4.90 Å². The minimum absolute atomic E-state index is 0.0789. The van der Waals surface area contributed by atoms with Gasteiger partial charge in [-0.15, -0.1) is 0 Å². The summed E-state index contributed by atoms with van der Waals surface area (Å²) in [6.45, 7) is 4.60. The highest BCUT2D eigenvalue weighted by molar-refractivity contribution is 6.31. The van der Waals surface area contributed by atoms with E-state index in [9.17, 15) is 5.11 Å². The number of nitrogens with zero attached hydrogens (tertiary/aromatic N) is 1. The first-order valence-corrected chi connectivity index (χ1v) is 5.75. The Kier molecular flexibility index (Phi) is 5.06. The molecule has 0 saturated heterocycles. The van der Waals surface area contributed by atoms with Gasteiger partial charge in [0, 0.05) is 28.9 Å². The number of anilines is 1. The van der Waals surface area contributed by atoms with E-state index in [1.54, 1.807) is 6.07 Å². The van der Waals surface area contributed by atoms with Crippen molar-refractivity contribution in [2.24, 2.45) is 0 Å². The maximum absolute atomic E-state index is 9.32. The number of rotatable bonds is 5. The van der Waals surface area contributed by atoms with Crippen LogP contribution in [-0.2, 0) is 6.61 Å². The van der Waals surface area contributed by atoms with Crippen LogP contribution in [0.4, 0.5) is 5.69 Å². The molecule has 0 saturated carbocycles. The molecule has 1 aromatic rings. The number of aliphatic hydroxyl groups is 2. The van der Waals surface area contributed by atoms with E-state index < -0.39 is 0 Å². The molecular weight excluding hydrogens is 226 g/mol. The summed E-state index contributed by atoms with van der Waals surface area (Å²) in [5, 5.41) is 18.9. The maximum Gasteiger partial charge on any atom is 0.0716 e. The van der Waals surface area contributed by atoms with Crippen LogP contribution in [0.2, 0.25) is 5.02 Å². The molecule has 3 nitrogen and oxygen atoms in total. The van der Waals surface area contributed by atoms with Crippen LogP contribution in [0, 0.1) is 0 Å². The van der Waals surface area contributed by atoms with Crippen molar-refractivity contribution in [3.63, 3.8) is 0 Å². The Bertz CT molecular complexity index is 342. The number of aliphatic hydroxyl groups excluding tert-OH is 2. The lowest BCUT2D eigenvalue weighted by atomic mass is 10.1. The van der Waals surface area contributed by atoms with Crippen molar-refractivity contribution in [3.8, 4) is 0 Å². The van der Waals surface area contributed by atoms with Gasteiger partial charge in [0.2, 0.25) is 0 Å². The van der Waals surface area contributed by atoms with Crippen molar-refractivity contribution in [1.29, 1.82) is 0 Å². The van der Waals surface area contributed by atoms with Crippen LogP contribution in [-0.4, -0.2) is 29.4 Å². The monoisotopic (exact) mass is 243 g/mol. The van der Waals surface area contributed by atoms with E-state index >= 15 is 0 Å². The fourth-order valence-corrected chi connectivity index (χ4v) is 1.97. The smallest absolute Gasteiger partial charge is 0.0716 e. The molecule has 90 valence electrons. The molecule has 1 rings (SSSR count). The van der Waals surface area contributed by atoms with Gasteiger partial charge in [-0.25, -0.2) is 0 Å². The molecule has 0 aliphatic heterocycles. The van der Waals surface area contributed by atoms with E-state index in [0.29, 0.717) is 17.1 Å². The first-order chi connectivity index (χ1) is 7.61. The van der Waals surface area contributed by atoms with Crippen LogP contribution in [0.25, 0.3) is 0 Å². The Hall–Kier alpha value is -0.770. The minimum Gasteiger partial charge on any atom is -0.395 e. The lowest BCUT2D eigenvalue weighted by Gasteiger charge is -2.30. The third-order valence-corrected chi connectivity index (χ3v) is 2.88. The van der Waals surface area contributed by atoms with Gasteiger partial charge in [0.1, 0.15) is 0 Å². The Morgan fingerprint density at radius 1 is 1.31 bits per heavy atom. The second-order valence-corrected chi connectivity index (χ2v) is 4.31. The zero-order chi connectivity index (χ0) is 12.1. The van der Waals surface area contributed by atoms with Gasteiger partial charge in [0.25, 0.3) is 0 Å². The maximum atomic E-state index is 9.32. The number of hydrogen-bond acceptors (Lipinski definition) is 3. The molecule has 0 aliphatic rings. The van der Waals surface area contributed by atoms with Crippen molar-refractivity contribution >= 4 is 17.3 Å². The first-order valence-electron chi connectivity index (χ1n) is 5.37. The third-order valence-electron chi connectivity index (χ3n) is 2.53. The second-order valence-electron chi connectivity index (χ2n) is 3.91. The summed E-state index contributed by atoms with van der Waals surface area (Å²) in [6, 6.07) is 5.76. The minimum atomic E-state index is -0.0936. The molecule has 0 amide bonds. The Labute approximate surface area is 101 Å². The molecule has 4 heteroatoms. The van der Waals surface area contributed by atoms with Gasteiger partial charge in [-0.3, -0.25) is 0 Å². The van der Waals surface area contributed by atoms with E-state index in [4.69, 9.17) is 16.7 Å². The van der Waals surface area contributed by atoms with Crippen LogP contribution in [0.5, 0.6) is 0 Å². The molecular formula is C12H18ClNO2. The SMILES string of the molecule is CC(C)N(CCO)c1cccc(Cl)c1CO. The van der Waals surface area contributed by atoms with Crippen LogP contribution in [0.1, 0.15) is 19.4 Å². The van der Waals surface area contributed by atoms with Gasteiger partial charge >= 0.3 is 0 Å². The van der Waals surface area contributed by atoms with Gasteiger partial charge in [-0.1, -0.05) is 17.7 Å². The van der Waals surface area contributed by atoms with Crippen molar-refractivity contribution in [2.45, 2.75) is 26.5 Å². The van der Waals surface area contributed by atoms with Crippen LogP contribution in [0.15, 0.2) is 18.2 Å². The molecule has 0 aliphatic carbocycles. The van der Waals surface area contributed by atoms with E-state index in [1.807, 2.05) is 30.9 Å². The molecule has 0 aromatic heterocycles. The van der Waals surface area contributed by atoms with Gasteiger partial charge < -0.3 is 15.1 Å². The zero-order valence-electron chi connectivity index (χ0n) is 9.65. The predicted molar refractivity (Wildman–Crippen MR) is 66.9 cm³/mol. The van der Waals surface area contributed by atoms with Crippen LogP contribution in [0.3, 0.4) is 0 Å².